The third-order valence-corrected chi connectivity index (χ3v) is 4.93. The molecule has 1 atom stereocenters. The van der Waals surface area contributed by atoms with Gasteiger partial charge in [0.05, 0.1) is 17.6 Å². The molecule has 0 radical (unpaired) electrons. The molecule has 3 aromatic rings. The van der Waals surface area contributed by atoms with Crippen LogP contribution in [0.2, 0.25) is 0 Å². The van der Waals surface area contributed by atoms with Gasteiger partial charge in [0, 0.05) is 44.6 Å². The molecule has 3 rings (SSSR count). The maximum Gasteiger partial charge on any atom is 0.323 e. The average molecular weight is 398 g/mol. The summed E-state index contributed by atoms with van der Waals surface area (Å²) in [5, 5.41) is 12.2. The SMILES string of the molecule is CCn1c(-c2cc(C)c(=O)n(C)c2)nc2cc(CNC(COC)C(=O)O)ccc21. The Hall–Kier alpha value is -2.97. The molecule has 0 aliphatic rings. The Labute approximate surface area is 168 Å². The van der Waals surface area contributed by atoms with Crippen molar-refractivity contribution in [2.45, 2.75) is 33.0 Å². The standard InChI is InChI=1S/C21H26N4O4/c1-5-25-18-7-6-14(10-22-17(12-29-4)21(27)28)9-16(18)23-19(25)15-8-13(2)20(26)24(3)11-15/h6-9,11,17,22H,5,10,12H2,1-4H3,(H,27,28). The van der Waals surface area contributed by atoms with Crippen molar-refractivity contribution in [3.05, 3.63) is 51.9 Å². The van der Waals surface area contributed by atoms with Gasteiger partial charge in [0.2, 0.25) is 0 Å². The molecule has 1 unspecified atom stereocenters. The quantitative estimate of drug-likeness (QED) is 0.602. The maximum absolute atomic E-state index is 12.0. The third kappa shape index (κ3) is 4.23. The van der Waals surface area contributed by atoms with Crippen molar-refractivity contribution in [3.8, 4) is 11.4 Å². The van der Waals surface area contributed by atoms with E-state index in [4.69, 9.17) is 9.72 Å². The van der Waals surface area contributed by atoms with Gasteiger partial charge in [-0.05, 0) is 37.6 Å². The number of benzene rings is 1. The molecule has 0 saturated heterocycles. The monoisotopic (exact) mass is 398 g/mol. The number of fused-ring (bicyclic) bond motifs is 1. The van der Waals surface area contributed by atoms with Crippen LogP contribution in [0, 0.1) is 6.92 Å². The van der Waals surface area contributed by atoms with E-state index in [1.54, 1.807) is 24.7 Å². The van der Waals surface area contributed by atoms with Crippen LogP contribution in [-0.4, -0.2) is 45.0 Å². The molecule has 2 heterocycles. The van der Waals surface area contributed by atoms with E-state index in [9.17, 15) is 14.7 Å². The molecule has 8 heteroatoms. The summed E-state index contributed by atoms with van der Waals surface area (Å²) in [5.41, 5.74) is 4.28. The first-order valence-corrected chi connectivity index (χ1v) is 9.47. The number of nitrogens with zero attached hydrogens (tertiary/aromatic N) is 3. The predicted octanol–water partition coefficient (Wildman–Crippen LogP) is 1.92. The molecule has 1 aromatic carbocycles. The van der Waals surface area contributed by atoms with Crippen LogP contribution in [0.3, 0.4) is 0 Å². The van der Waals surface area contributed by atoms with E-state index >= 15 is 0 Å². The van der Waals surface area contributed by atoms with Crippen molar-refractivity contribution < 1.29 is 14.6 Å². The molecule has 2 aromatic heterocycles. The Balaban J connectivity index is 1.96. The number of imidazole rings is 1. The highest BCUT2D eigenvalue weighted by Gasteiger charge is 2.17. The summed E-state index contributed by atoms with van der Waals surface area (Å²) < 4.78 is 8.63. The lowest BCUT2D eigenvalue weighted by Gasteiger charge is -2.13. The van der Waals surface area contributed by atoms with Crippen LogP contribution in [-0.2, 0) is 29.7 Å². The highest BCUT2D eigenvalue weighted by atomic mass is 16.5. The van der Waals surface area contributed by atoms with Crippen LogP contribution in [0.1, 0.15) is 18.1 Å². The van der Waals surface area contributed by atoms with Crippen LogP contribution in [0.15, 0.2) is 35.3 Å². The summed E-state index contributed by atoms with van der Waals surface area (Å²) in [7, 11) is 3.21. The van der Waals surface area contributed by atoms with Crippen molar-refractivity contribution in [1.82, 2.24) is 19.4 Å². The van der Waals surface area contributed by atoms with Gasteiger partial charge >= 0.3 is 5.97 Å². The number of aliphatic carboxylic acids is 1. The molecular formula is C21H26N4O4. The second-order valence-corrected chi connectivity index (χ2v) is 7.06. The molecule has 0 aliphatic carbocycles. The molecule has 154 valence electrons. The number of aromatic nitrogens is 3. The molecule has 0 bridgehead atoms. The van der Waals surface area contributed by atoms with Gasteiger partial charge in [0.25, 0.3) is 5.56 Å². The van der Waals surface area contributed by atoms with Gasteiger partial charge in [-0.1, -0.05) is 6.07 Å². The number of hydrogen-bond acceptors (Lipinski definition) is 5. The molecule has 2 N–H and O–H groups in total. The number of carboxylic acids is 1. The smallest absolute Gasteiger partial charge is 0.323 e. The lowest BCUT2D eigenvalue weighted by molar-refractivity contribution is -0.140. The van der Waals surface area contributed by atoms with E-state index in [1.807, 2.05) is 24.3 Å². The second-order valence-electron chi connectivity index (χ2n) is 7.06. The van der Waals surface area contributed by atoms with Crippen molar-refractivity contribution in [2.75, 3.05) is 13.7 Å². The van der Waals surface area contributed by atoms with E-state index in [1.165, 1.54) is 7.11 Å². The van der Waals surface area contributed by atoms with Crippen molar-refractivity contribution >= 4 is 17.0 Å². The van der Waals surface area contributed by atoms with Gasteiger partial charge in [0.15, 0.2) is 0 Å². The Morgan fingerprint density at radius 3 is 2.72 bits per heavy atom. The lowest BCUT2D eigenvalue weighted by atomic mass is 10.2. The average Bonchev–Trinajstić information content (AvgIpc) is 3.06. The first-order valence-electron chi connectivity index (χ1n) is 9.47. The molecule has 0 spiro atoms. The van der Waals surface area contributed by atoms with Gasteiger partial charge in [-0.25, -0.2) is 4.98 Å². The summed E-state index contributed by atoms with van der Waals surface area (Å²) in [6, 6.07) is 7.00. The maximum atomic E-state index is 12.0. The minimum absolute atomic E-state index is 0.0229. The highest BCUT2D eigenvalue weighted by molar-refractivity contribution is 5.81. The zero-order valence-electron chi connectivity index (χ0n) is 17.1. The summed E-state index contributed by atoms with van der Waals surface area (Å²) in [6.07, 6.45) is 1.80. The molecule has 0 aliphatic heterocycles. The number of carbonyl (C=O) groups is 1. The Morgan fingerprint density at radius 2 is 2.10 bits per heavy atom. The van der Waals surface area contributed by atoms with Gasteiger partial charge in [-0.3, -0.25) is 14.9 Å². The molecule has 0 saturated carbocycles. The van der Waals surface area contributed by atoms with Crippen LogP contribution in [0.4, 0.5) is 0 Å². The topological polar surface area (TPSA) is 98.4 Å². The highest BCUT2D eigenvalue weighted by Crippen LogP contribution is 2.25. The van der Waals surface area contributed by atoms with Crippen molar-refractivity contribution in [3.63, 3.8) is 0 Å². The summed E-state index contributed by atoms with van der Waals surface area (Å²) in [6.45, 7) is 5.08. The number of ether oxygens (including phenoxy) is 1. The van der Waals surface area contributed by atoms with E-state index in [0.717, 1.165) is 34.5 Å². The fraction of sp³-hybridized carbons (Fsp3) is 0.381. The molecule has 8 nitrogen and oxygen atoms in total. The Kier molecular flexibility index (Phi) is 6.14. The summed E-state index contributed by atoms with van der Waals surface area (Å²) in [4.78, 5) is 28.1. The van der Waals surface area contributed by atoms with E-state index in [2.05, 4.69) is 16.8 Å². The van der Waals surface area contributed by atoms with Gasteiger partial charge in [-0.2, -0.15) is 0 Å². The van der Waals surface area contributed by atoms with Crippen LogP contribution in [0.25, 0.3) is 22.4 Å². The lowest BCUT2D eigenvalue weighted by Crippen LogP contribution is -2.39. The van der Waals surface area contributed by atoms with Crippen molar-refractivity contribution in [2.24, 2.45) is 7.05 Å². The molecule has 0 fully saturated rings. The van der Waals surface area contributed by atoms with Gasteiger partial charge in [0.1, 0.15) is 11.9 Å². The van der Waals surface area contributed by atoms with Crippen molar-refractivity contribution in [1.29, 1.82) is 0 Å². The Morgan fingerprint density at radius 1 is 1.34 bits per heavy atom. The Bertz CT molecular complexity index is 1070. The van der Waals surface area contributed by atoms with Crippen LogP contribution in [0.5, 0.6) is 0 Å². The molecule has 29 heavy (non-hydrogen) atoms. The van der Waals surface area contributed by atoms with E-state index in [0.29, 0.717) is 12.1 Å². The number of pyridine rings is 1. The first-order chi connectivity index (χ1) is 13.8. The minimum atomic E-state index is -0.949. The number of nitrogens with one attached hydrogen (secondary N) is 1. The fourth-order valence-corrected chi connectivity index (χ4v) is 3.45. The largest absolute Gasteiger partial charge is 0.480 e. The van der Waals surface area contributed by atoms with Crippen LogP contribution >= 0.6 is 0 Å². The number of methoxy groups -OCH3 is 1. The summed E-state index contributed by atoms with van der Waals surface area (Å²) in [5.74, 6) is -0.148. The summed E-state index contributed by atoms with van der Waals surface area (Å²) >= 11 is 0. The second kappa shape index (κ2) is 8.59. The fourth-order valence-electron chi connectivity index (χ4n) is 3.45. The third-order valence-electron chi connectivity index (χ3n) is 4.93. The van der Waals surface area contributed by atoms with Gasteiger partial charge in [-0.15, -0.1) is 0 Å². The zero-order chi connectivity index (χ0) is 21.1. The van der Waals surface area contributed by atoms with Gasteiger partial charge < -0.3 is 19.0 Å². The van der Waals surface area contributed by atoms with E-state index in [-0.39, 0.29) is 12.2 Å². The first kappa shape index (κ1) is 20.8. The molecule has 0 amide bonds. The number of hydrogen-bond donors (Lipinski definition) is 2. The molecular weight excluding hydrogens is 372 g/mol. The zero-order valence-corrected chi connectivity index (χ0v) is 17.1. The number of carboxylic acid groups (broad SMARTS) is 1. The van der Waals surface area contributed by atoms with Crippen LogP contribution < -0.4 is 10.9 Å². The predicted molar refractivity (Wildman–Crippen MR) is 111 cm³/mol. The van der Waals surface area contributed by atoms with E-state index < -0.39 is 12.0 Å². The minimum Gasteiger partial charge on any atom is -0.480 e. The number of rotatable bonds is 8. The number of aryl methyl sites for hydroxylation is 3. The normalized spacial score (nSPS) is 12.4.